The summed E-state index contributed by atoms with van der Waals surface area (Å²) in [5, 5.41) is 9.64. The molecule has 0 spiro atoms. The number of amides is 1. The van der Waals surface area contributed by atoms with Gasteiger partial charge in [0.25, 0.3) is 0 Å². The first kappa shape index (κ1) is 32.8. The van der Waals surface area contributed by atoms with E-state index in [9.17, 15) is 14.7 Å². The van der Waals surface area contributed by atoms with E-state index < -0.39 is 12.0 Å². The van der Waals surface area contributed by atoms with Crippen molar-refractivity contribution in [3.05, 3.63) is 65.4 Å². The van der Waals surface area contributed by atoms with Crippen LogP contribution in [-0.4, -0.2) is 45.1 Å². The number of ether oxygens (including phenoxy) is 1. The van der Waals surface area contributed by atoms with Gasteiger partial charge in [-0.05, 0) is 82.2 Å². The number of benzene rings is 1. The van der Waals surface area contributed by atoms with Gasteiger partial charge in [-0.1, -0.05) is 32.1 Å². The van der Waals surface area contributed by atoms with Crippen molar-refractivity contribution in [1.29, 1.82) is 0 Å². The Labute approximate surface area is 239 Å². The number of carbonyl (C=O) groups is 2. The Bertz CT molecular complexity index is 1150. The summed E-state index contributed by atoms with van der Waals surface area (Å²) in [4.78, 5) is 30.4. The summed E-state index contributed by atoms with van der Waals surface area (Å²) in [6.45, 7) is 16.5. The fourth-order valence-electron chi connectivity index (χ4n) is 4.14. The molecule has 0 radical (unpaired) electrons. The van der Waals surface area contributed by atoms with Gasteiger partial charge in [-0.2, -0.15) is 0 Å². The van der Waals surface area contributed by atoms with Gasteiger partial charge in [0, 0.05) is 31.3 Å². The second-order valence-corrected chi connectivity index (χ2v) is 11.7. The third-order valence-corrected chi connectivity index (χ3v) is 6.16. The molecule has 2 heterocycles. The molecule has 1 aromatic carbocycles. The highest BCUT2D eigenvalue weighted by Gasteiger charge is 2.34. The van der Waals surface area contributed by atoms with Crippen molar-refractivity contribution in [2.24, 2.45) is 11.7 Å². The average molecular weight is 554 g/mol. The molecule has 1 aliphatic heterocycles. The molecule has 0 bridgehead atoms. The lowest BCUT2D eigenvalue weighted by Gasteiger charge is -2.34. The van der Waals surface area contributed by atoms with Crippen LogP contribution in [0.25, 0.3) is 6.08 Å². The standard InChI is InChI=1S/C28H36N2O5.C4H11N/c1-5-6-11-27(31)30-18-22-16-23(13-12-21(22)17-25(30)28(32)33)34-15-14-24-20(4)35-26(29-24)10-8-7-9-19(2)3;1-4(2,3)5/h5,8,10,12-13,16,19,25H,1,6-7,9,11,14-15,17-18H2,2-4H3,(H,32,33);5H2,1-3H3/b10-8+;/t25-;/m0./s1. The Balaban J connectivity index is 0.00000103. The molecule has 2 aromatic rings. The molecule has 1 aromatic heterocycles. The molecule has 0 saturated heterocycles. The second-order valence-electron chi connectivity index (χ2n) is 11.7. The molecule has 0 unspecified atom stereocenters. The Morgan fingerprint density at radius 1 is 1.27 bits per heavy atom. The summed E-state index contributed by atoms with van der Waals surface area (Å²) in [6.07, 6.45) is 9.50. The van der Waals surface area contributed by atoms with E-state index in [2.05, 4.69) is 31.5 Å². The van der Waals surface area contributed by atoms with Gasteiger partial charge in [0.1, 0.15) is 17.6 Å². The topological polar surface area (TPSA) is 119 Å². The van der Waals surface area contributed by atoms with Gasteiger partial charge in [-0.15, -0.1) is 6.58 Å². The number of hydrogen-bond donors (Lipinski definition) is 2. The number of nitrogens with two attached hydrogens (primary N) is 1. The molecule has 3 rings (SSSR count). The maximum atomic E-state index is 12.6. The quantitative estimate of drug-likeness (QED) is 0.305. The van der Waals surface area contributed by atoms with Gasteiger partial charge in [0.2, 0.25) is 11.8 Å². The molecule has 0 fully saturated rings. The highest BCUT2D eigenvalue weighted by atomic mass is 16.5. The Kier molecular flexibility index (Phi) is 12.6. The van der Waals surface area contributed by atoms with E-state index in [0.717, 1.165) is 35.4 Å². The Morgan fingerprint density at radius 3 is 2.60 bits per heavy atom. The van der Waals surface area contributed by atoms with Crippen LogP contribution in [0.5, 0.6) is 5.75 Å². The smallest absolute Gasteiger partial charge is 0.326 e. The van der Waals surface area contributed by atoms with Crippen LogP contribution in [0.4, 0.5) is 0 Å². The summed E-state index contributed by atoms with van der Waals surface area (Å²) < 4.78 is 11.7. The number of carboxylic acids is 1. The van der Waals surface area contributed by atoms with Crippen LogP contribution < -0.4 is 10.5 Å². The lowest BCUT2D eigenvalue weighted by atomic mass is 9.93. The van der Waals surface area contributed by atoms with Gasteiger partial charge in [0.15, 0.2) is 0 Å². The van der Waals surface area contributed by atoms with Crippen LogP contribution in [0.3, 0.4) is 0 Å². The van der Waals surface area contributed by atoms with E-state index in [0.29, 0.717) is 37.0 Å². The number of carboxylic acid groups (broad SMARTS) is 1. The van der Waals surface area contributed by atoms with Crippen molar-refractivity contribution in [1.82, 2.24) is 9.88 Å². The summed E-state index contributed by atoms with van der Waals surface area (Å²) in [5.41, 5.74) is 8.07. The van der Waals surface area contributed by atoms with Crippen molar-refractivity contribution in [2.75, 3.05) is 6.61 Å². The number of aliphatic carboxylic acids is 1. The zero-order chi connectivity index (χ0) is 29.9. The molecule has 0 aliphatic carbocycles. The number of allylic oxidation sites excluding steroid dienone is 2. The predicted molar refractivity (Wildman–Crippen MR) is 159 cm³/mol. The molecular formula is C32H47N3O5. The molecule has 3 N–H and O–H groups in total. The predicted octanol–water partition coefficient (Wildman–Crippen LogP) is 6.10. The van der Waals surface area contributed by atoms with E-state index in [1.54, 1.807) is 6.08 Å². The minimum absolute atomic E-state index is 0. The number of hydrogen-bond acceptors (Lipinski definition) is 6. The first-order chi connectivity index (χ1) is 18.8. The fourth-order valence-corrected chi connectivity index (χ4v) is 4.14. The zero-order valence-electron chi connectivity index (χ0n) is 25.0. The van der Waals surface area contributed by atoms with E-state index in [1.807, 2.05) is 52.0 Å². The molecular weight excluding hydrogens is 506 g/mol. The number of oxazole rings is 1. The monoisotopic (exact) mass is 553 g/mol. The van der Waals surface area contributed by atoms with Crippen molar-refractivity contribution in [3.8, 4) is 5.75 Å². The van der Waals surface area contributed by atoms with Crippen molar-refractivity contribution in [2.45, 2.75) is 98.2 Å². The highest BCUT2D eigenvalue weighted by Crippen LogP contribution is 2.28. The van der Waals surface area contributed by atoms with Crippen LogP contribution >= 0.6 is 0 Å². The Morgan fingerprint density at radius 2 is 1.98 bits per heavy atom. The molecule has 1 amide bonds. The first-order valence-corrected chi connectivity index (χ1v) is 14.1. The largest absolute Gasteiger partial charge is 0.493 e. The zero-order valence-corrected chi connectivity index (χ0v) is 25.0. The van der Waals surface area contributed by atoms with E-state index in [4.69, 9.17) is 14.9 Å². The average Bonchev–Trinajstić information content (AvgIpc) is 3.22. The van der Waals surface area contributed by atoms with Crippen molar-refractivity contribution in [3.63, 3.8) is 0 Å². The summed E-state index contributed by atoms with van der Waals surface area (Å²) in [6, 6.07) is 4.80. The maximum absolute atomic E-state index is 12.6. The minimum Gasteiger partial charge on any atom is -0.493 e. The van der Waals surface area contributed by atoms with Gasteiger partial charge in [-0.3, -0.25) is 4.79 Å². The van der Waals surface area contributed by atoms with Gasteiger partial charge < -0.3 is 24.9 Å². The second kappa shape index (κ2) is 15.4. The normalized spacial score (nSPS) is 15.0. The summed E-state index contributed by atoms with van der Waals surface area (Å²) >= 11 is 0. The first-order valence-electron chi connectivity index (χ1n) is 14.1. The number of fused-ring (bicyclic) bond motifs is 1. The lowest BCUT2D eigenvalue weighted by molar-refractivity contribution is -0.151. The number of carbonyl (C=O) groups excluding carboxylic acids is 1. The molecule has 220 valence electrons. The van der Waals surface area contributed by atoms with Crippen LogP contribution in [0.1, 0.15) is 88.8 Å². The summed E-state index contributed by atoms with van der Waals surface area (Å²) in [7, 11) is 0. The van der Waals surface area contributed by atoms with E-state index in [1.165, 1.54) is 4.90 Å². The molecule has 0 saturated carbocycles. The fraction of sp³-hybridized carbons (Fsp3) is 0.531. The number of rotatable bonds is 12. The lowest BCUT2D eigenvalue weighted by Crippen LogP contribution is -2.48. The third-order valence-electron chi connectivity index (χ3n) is 6.16. The number of nitrogens with zero attached hydrogens (tertiary/aromatic N) is 2. The summed E-state index contributed by atoms with van der Waals surface area (Å²) in [5.74, 6) is 1.60. The van der Waals surface area contributed by atoms with Crippen LogP contribution in [-0.2, 0) is 29.0 Å². The molecule has 1 aliphatic rings. The molecule has 8 heteroatoms. The van der Waals surface area contributed by atoms with Gasteiger partial charge in [-0.25, -0.2) is 9.78 Å². The van der Waals surface area contributed by atoms with Crippen LogP contribution in [0.2, 0.25) is 0 Å². The minimum atomic E-state index is -0.986. The Hall–Kier alpha value is -3.39. The van der Waals surface area contributed by atoms with Crippen LogP contribution in [0.15, 0.2) is 41.3 Å². The molecule has 40 heavy (non-hydrogen) atoms. The van der Waals surface area contributed by atoms with E-state index in [-0.39, 0.29) is 30.8 Å². The highest BCUT2D eigenvalue weighted by molar-refractivity contribution is 5.84. The van der Waals surface area contributed by atoms with Crippen molar-refractivity contribution < 1.29 is 23.8 Å². The maximum Gasteiger partial charge on any atom is 0.326 e. The molecule has 1 atom stereocenters. The van der Waals surface area contributed by atoms with Crippen LogP contribution in [0, 0.1) is 12.8 Å². The SMILES string of the molecule is C=CCCC(=O)N1Cc2cc(OCCc3nc(/C=C/CCC(C)C)oc3C)ccc2C[C@H]1C(=O)O.CC(C)(C)N. The van der Waals surface area contributed by atoms with E-state index >= 15 is 0 Å². The third kappa shape index (κ3) is 11.4. The molecule has 8 nitrogen and oxygen atoms in total. The van der Waals surface area contributed by atoms with Gasteiger partial charge in [0.05, 0.1) is 12.3 Å². The number of aryl methyl sites for hydroxylation is 1. The van der Waals surface area contributed by atoms with Crippen molar-refractivity contribution >= 4 is 18.0 Å². The number of aromatic nitrogens is 1. The van der Waals surface area contributed by atoms with Gasteiger partial charge >= 0.3 is 5.97 Å².